The van der Waals surface area contributed by atoms with Crippen molar-refractivity contribution in [1.29, 1.82) is 0 Å². The Morgan fingerprint density at radius 1 is 1.14 bits per heavy atom. The van der Waals surface area contributed by atoms with Gasteiger partial charge in [0.2, 0.25) is 5.91 Å². The van der Waals surface area contributed by atoms with Gasteiger partial charge in [0.25, 0.3) is 0 Å². The standard InChI is InChI=1S/C15H12BrN3OS/c1-9(20)17-11-3-5-12(6-4-11)18-15-19-13-8-10(16)2-7-14(13)21-15/h2-8H,1H3,(H,17,20)(H,18,19). The van der Waals surface area contributed by atoms with Gasteiger partial charge in [-0.2, -0.15) is 0 Å². The molecule has 0 radical (unpaired) electrons. The zero-order chi connectivity index (χ0) is 14.8. The number of carbonyl (C=O) groups is 1. The molecular formula is C15H12BrN3OS. The number of thiazole rings is 1. The maximum atomic E-state index is 11.0. The topological polar surface area (TPSA) is 54.0 Å². The molecule has 0 saturated heterocycles. The molecule has 0 spiro atoms. The Labute approximate surface area is 134 Å². The first-order chi connectivity index (χ1) is 10.1. The fourth-order valence-corrected chi connectivity index (χ4v) is 3.13. The highest BCUT2D eigenvalue weighted by Gasteiger charge is 2.04. The van der Waals surface area contributed by atoms with Gasteiger partial charge in [0, 0.05) is 22.8 Å². The second kappa shape index (κ2) is 5.83. The predicted molar refractivity (Wildman–Crippen MR) is 91.3 cm³/mol. The van der Waals surface area contributed by atoms with Crippen molar-refractivity contribution in [1.82, 2.24) is 4.98 Å². The smallest absolute Gasteiger partial charge is 0.221 e. The van der Waals surface area contributed by atoms with Gasteiger partial charge in [-0.1, -0.05) is 27.3 Å². The second-order valence-electron chi connectivity index (χ2n) is 4.51. The maximum Gasteiger partial charge on any atom is 0.221 e. The van der Waals surface area contributed by atoms with Crippen molar-refractivity contribution >= 4 is 59.9 Å². The molecule has 0 atom stereocenters. The Hall–Kier alpha value is -1.92. The number of aromatic nitrogens is 1. The van der Waals surface area contributed by atoms with Crippen molar-refractivity contribution in [3.05, 3.63) is 46.9 Å². The van der Waals surface area contributed by atoms with Crippen LogP contribution < -0.4 is 10.6 Å². The second-order valence-corrected chi connectivity index (χ2v) is 6.46. The van der Waals surface area contributed by atoms with Crippen molar-refractivity contribution in [3.63, 3.8) is 0 Å². The summed E-state index contributed by atoms with van der Waals surface area (Å²) < 4.78 is 2.15. The van der Waals surface area contributed by atoms with Gasteiger partial charge in [-0.3, -0.25) is 4.79 Å². The molecule has 1 heterocycles. The maximum absolute atomic E-state index is 11.0. The number of hydrogen-bond acceptors (Lipinski definition) is 4. The highest BCUT2D eigenvalue weighted by Crippen LogP contribution is 2.30. The highest BCUT2D eigenvalue weighted by molar-refractivity contribution is 9.10. The molecule has 0 aliphatic heterocycles. The van der Waals surface area contributed by atoms with Gasteiger partial charge in [0.15, 0.2) is 5.13 Å². The van der Waals surface area contributed by atoms with Crippen molar-refractivity contribution in [2.24, 2.45) is 0 Å². The summed E-state index contributed by atoms with van der Waals surface area (Å²) in [6, 6.07) is 13.6. The van der Waals surface area contributed by atoms with Crippen LogP contribution in [0.15, 0.2) is 46.9 Å². The zero-order valence-electron chi connectivity index (χ0n) is 11.2. The Bertz CT molecular complexity index is 798. The molecular weight excluding hydrogens is 350 g/mol. The summed E-state index contributed by atoms with van der Waals surface area (Å²) in [5.41, 5.74) is 2.68. The third-order valence-corrected chi connectivity index (χ3v) is 4.25. The summed E-state index contributed by atoms with van der Waals surface area (Å²) in [6.07, 6.45) is 0. The van der Waals surface area contributed by atoms with Gasteiger partial charge >= 0.3 is 0 Å². The molecule has 1 aromatic heterocycles. The number of amides is 1. The van der Waals surface area contributed by atoms with Crippen LogP contribution in [0.25, 0.3) is 10.2 Å². The third kappa shape index (κ3) is 3.40. The summed E-state index contributed by atoms with van der Waals surface area (Å²) in [5.74, 6) is -0.0764. The van der Waals surface area contributed by atoms with Crippen LogP contribution in [0, 0.1) is 0 Å². The Kier molecular flexibility index (Phi) is 3.90. The molecule has 0 fully saturated rings. The number of hydrogen-bond donors (Lipinski definition) is 2. The summed E-state index contributed by atoms with van der Waals surface area (Å²) >= 11 is 5.05. The van der Waals surface area contributed by atoms with E-state index >= 15 is 0 Å². The third-order valence-electron chi connectivity index (χ3n) is 2.81. The van der Waals surface area contributed by atoms with E-state index in [4.69, 9.17) is 0 Å². The number of rotatable bonds is 3. The molecule has 6 heteroatoms. The lowest BCUT2D eigenvalue weighted by atomic mass is 10.3. The van der Waals surface area contributed by atoms with Crippen LogP contribution in [0.1, 0.15) is 6.92 Å². The van der Waals surface area contributed by atoms with Gasteiger partial charge in [0.05, 0.1) is 10.2 Å². The van der Waals surface area contributed by atoms with Crippen molar-refractivity contribution in [3.8, 4) is 0 Å². The van der Waals surface area contributed by atoms with Gasteiger partial charge in [0.1, 0.15) is 0 Å². The number of halogens is 1. The van der Waals surface area contributed by atoms with Crippen molar-refractivity contribution in [2.75, 3.05) is 10.6 Å². The molecule has 0 aliphatic rings. The largest absolute Gasteiger partial charge is 0.332 e. The van der Waals surface area contributed by atoms with Gasteiger partial charge < -0.3 is 10.6 Å². The van der Waals surface area contributed by atoms with Gasteiger partial charge in [-0.05, 0) is 42.5 Å². The molecule has 2 aromatic carbocycles. The normalized spacial score (nSPS) is 10.6. The van der Waals surface area contributed by atoms with E-state index in [9.17, 15) is 4.79 Å². The van der Waals surface area contributed by atoms with Crippen LogP contribution in [0.4, 0.5) is 16.5 Å². The molecule has 3 aromatic rings. The first-order valence-corrected chi connectivity index (χ1v) is 7.92. The van der Waals surface area contributed by atoms with E-state index in [1.807, 2.05) is 42.5 Å². The minimum absolute atomic E-state index is 0.0764. The van der Waals surface area contributed by atoms with Crippen LogP contribution in [0.3, 0.4) is 0 Å². The lowest BCUT2D eigenvalue weighted by Crippen LogP contribution is -2.05. The Balaban J connectivity index is 1.79. The number of benzene rings is 2. The summed E-state index contributed by atoms with van der Waals surface area (Å²) in [4.78, 5) is 15.5. The Morgan fingerprint density at radius 2 is 1.86 bits per heavy atom. The van der Waals surface area contributed by atoms with Crippen LogP contribution in [0.5, 0.6) is 0 Å². The number of anilines is 3. The molecule has 3 rings (SSSR count). The lowest BCUT2D eigenvalue weighted by molar-refractivity contribution is -0.114. The molecule has 2 N–H and O–H groups in total. The molecule has 0 bridgehead atoms. The molecule has 21 heavy (non-hydrogen) atoms. The number of fused-ring (bicyclic) bond motifs is 1. The lowest BCUT2D eigenvalue weighted by Gasteiger charge is -2.05. The number of nitrogens with zero attached hydrogens (tertiary/aromatic N) is 1. The van der Waals surface area contributed by atoms with Crippen molar-refractivity contribution < 1.29 is 4.79 Å². The zero-order valence-corrected chi connectivity index (χ0v) is 13.6. The average molecular weight is 362 g/mol. The highest BCUT2D eigenvalue weighted by atomic mass is 79.9. The molecule has 106 valence electrons. The van der Waals surface area contributed by atoms with E-state index in [1.54, 1.807) is 11.3 Å². The molecule has 4 nitrogen and oxygen atoms in total. The number of carbonyl (C=O) groups excluding carboxylic acids is 1. The fraction of sp³-hybridized carbons (Fsp3) is 0.0667. The molecule has 1 amide bonds. The monoisotopic (exact) mass is 361 g/mol. The average Bonchev–Trinajstić information content (AvgIpc) is 2.82. The fourth-order valence-electron chi connectivity index (χ4n) is 1.92. The minimum atomic E-state index is -0.0764. The van der Waals surface area contributed by atoms with Gasteiger partial charge in [-0.15, -0.1) is 0 Å². The van der Waals surface area contributed by atoms with E-state index in [-0.39, 0.29) is 5.91 Å². The Morgan fingerprint density at radius 3 is 2.57 bits per heavy atom. The SMILES string of the molecule is CC(=O)Nc1ccc(Nc2nc3cc(Br)ccc3s2)cc1. The van der Waals surface area contributed by atoms with Crippen LogP contribution in [0.2, 0.25) is 0 Å². The summed E-state index contributed by atoms with van der Waals surface area (Å²) in [5, 5.41) is 6.85. The minimum Gasteiger partial charge on any atom is -0.332 e. The first-order valence-electron chi connectivity index (χ1n) is 6.31. The molecule has 0 aliphatic carbocycles. The van der Waals surface area contributed by atoms with Crippen LogP contribution >= 0.6 is 27.3 Å². The first kappa shape index (κ1) is 14.0. The number of nitrogens with one attached hydrogen (secondary N) is 2. The molecule has 0 unspecified atom stereocenters. The molecule has 0 saturated carbocycles. The van der Waals surface area contributed by atoms with Crippen LogP contribution in [-0.2, 0) is 4.79 Å². The van der Waals surface area contributed by atoms with Gasteiger partial charge in [-0.25, -0.2) is 4.98 Å². The quantitative estimate of drug-likeness (QED) is 0.706. The summed E-state index contributed by atoms with van der Waals surface area (Å²) in [7, 11) is 0. The van der Waals surface area contributed by atoms with E-state index in [0.29, 0.717) is 0 Å². The van der Waals surface area contributed by atoms with E-state index in [0.717, 1.165) is 31.2 Å². The van der Waals surface area contributed by atoms with E-state index in [2.05, 4.69) is 31.5 Å². The van der Waals surface area contributed by atoms with Crippen molar-refractivity contribution in [2.45, 2.75) is 6.92 Å². The van der Waals surface area contributed by atoms with E-state index < -0.39 is 0 Å². The summed E-state index contributed by atoms with van der Waals surface area (Å²) in [6.45, 7) is 1.49. The predicted octanol–water partition coefficient (Wildman–Crippen LogP) is 4.76. The van der Waals surface area contributed by atoms with E-state index in [1.165, 1.54) is 6.92 Å². The van der Waals surface area contributed by atoms with Crippen LogP contribution in [-0.4, -0.2) is 10.9 Å².